The van der Waals surface area contributed by atoms with Gasteiger partial charge >= 0.3 is 0 Å². The summed E-state index contributed by atoms with van der Waals surface area (Å²) in [5, 5.41) is 9.94. The first kappa shape index (κ1) is 41.7. The van der Waals surface area contributed by atoms with Gasteiger partial charge in [-0.3, -0.25) is 0 Å². The van der Waals surface area contributed by atoms with Crippen molar-refractivity contribution in [1.29, 1.82) is 0 Å². The molecule has 17 rings (SSSR count). The molecule has 13 aromatic carbocycles. The summed E-state index contributed by atoms with van der Waals surface area (Å²) in [6.07, 6.45) is 0. The Labute approximate surface area is 440 Å². The number of rotatable bonds is 5. The van der Waals surface area contributed by atoms with Crippen LogP contribution in [0.15, 0.2) is 279 Å². The molecule has 3 aliphatic rings. The summed E-state index contributed by atoms with van der Waals surface area (Å²) in [7, 11) is 0. The molecular formula is C74H46N2. The number of aromatic nitrogens is 1. The summed E-state index contributed by atoms with van der Waals surface area (Å²) in [6.45, 7) is 0. The fraction of sp³-hybridized carbons (Fsp3) is 0.0270. The number of hydrogen-bond acceptors (Lipinski definition) is 1. The largest absolute Gasteiger partial charge is 0.310 e. The second-order valence-corrected chi connectivity index (χ2v) is 21.0. The second kappa shape index (κ2) is 15.4. The highest BCUT2D eigenvalue weighted by Gasteiger charge is 2.52. The van der Waals surface area contributed by atoms with Gasteiger partial charge in [0.2, 0.25) is 0 Å². The molecule has 0 radical (unpaired) electrons. The minimum atomic E-state index is -0.615. The third-order valence-electron chi connectivity index (χ3n) is 17.6. The summed E-state index contributed by atoms with van der Waals surface area (Å²) in [5.74, 6) is 0. The Morgan fingerprint density at radius 1 is 0.289 bits per heavy atom. The van der Waals surface area contributed by atoms with Crippen molar-refractivity contribution in [2.45, 2.75) is 10.8 Å². The third kappa shape index (κ3) is 5.25. The van der Waals surface area contributed by atoms with Crippen LogP contribution in [0.5, 0.6) is 0 Å². The van der Waals surface area contributed by atoms with E-state index in [1.54, 1.807) is 0 Å². The lowest BCUT2D eigenvalue weighted by molar-refractivity contribution is 0.748. The maximum atomic E-state index is 2.58. The molecule has 1 aromatic heterocycles. The monoisotopic (exact) mass is 962 g/mol. The molecule has 352 valence electrons. The Hall–Kier alpha value is -9.76. The number of fused-ring (bicyclic) bond motifs is 20. The predicted molar refractivity (Wildman–Crippen MR) is 316 cm³/mol. The van der Waals surface area contributed by atoms with Crippen molar-refractivity contribution in [2.24, 2.45) is 0 Å². The first-order valence-electron chi connectivity index (χ1n) is 26.6. The van der Waals surface area contributed by atoms with Gasteiger partial charge < -0.3 is 9.47 Å². The second-order valence-electron chi connectivity index (χ2n) is 21.0. The van der Waals surface area contributed by atoms with Crippen LogP contribution in [0.1, 0.15) is 44.5 Å². The molecule has 1 aliphatic heterocycles. The van der Waals surface area contributed by atoms with E-state index in [4.69, 9.17) is 0 Å². The van der Waals surface area contributed by atoms with Crippen molar-refractivity contribution in [2.75, 3.05) is 4.90 Å². The standard InChI is InChI=1S/C74H46N2/c1-3-22-49(23-4-1)73(50-24-5-2-6-25-50)64-43-38-47-20-7-10-27-54(47)71(64)61-42-40-52(46-67(61)73)75(70-44-48-21-8-9-26-53(48)55-28-11-12-30-58(55)70)51-39-41-57-56-29-13-15-33-62(56)74(66(57)45-51)63-34-16-18-37-69(63)76-68-36-17-14-31-59(68)60-32-19-35-65(74)72(60)76/h1-46H. The van der Waals surface area contributed by atoms with Crippen molar-refractivity contribution in [3.05, 3.63) is 324 Å². The number of nitrogens with zero attached hydrogens (tertiary/aromatic N) is 2. The van der Waals surface area contributed by atoms with Crippen molar-refractivity contribution >= 4 is 71.2 Å². The van der Waals surface area contributed by atoms with E-state index in [0.29, 0.717) is 0 Å². The maximum Gasteiger partial charge on any atom is 0.0755 e. The van der Waals surface area contributed by atoms with Crippen LogP contribution < -0.4 is 4.90 Å². The summed E-state index contributed by atoms with van der Waals surface area (Å²) in [5.41, 5.74) is 21.2. The van der Waals surface area contributed by atoms with E-state index in [9.17, 15) is 0 Å². The summed E-state index contributed by atoms with van der Waals surface area (Å²) < 4.78 is 2.54. The molecular weight excluding hydrogens is 917 g/mol. The van der Waals surface area contributed by atoms with Crippen LogP contribution >= 0.6 is 0 Å². The molecule has 0 saturated carbocycles. The van der Waals surface area contributed by atoms with E-state index >= 15 is 0 Å². The van der Waals surface area contributed by atoms with Crippen LogP contribution in [0, 0.1) is 0 Å². The molecule has 76 heavy (non-hydrogen) atoms. The minimum Gasteiger partial charge on any atom is -0.310 e. The third-order valence-corrected chi connectivity index (χ3v) is 17.6. The lowest BCUT2D eigenvalue weighted by Gasteiger charge is -2.40. The summed E-state index contributed by atoms with van der Waals surface area (Å²) in [4.78, 5) is 2.58. The molecule has 0 saturated heterocycles. The Bertz CT molecular complexity index is 4730. The molecule has 2 nitrogen and oxygen atoms in total. The van der Waals surface area contributed by atoms with E-state index in [2.05, 4.69) is 289 Å². The Balaban J connectivity index is 0.999. The zero-order valence-corrected chi connectivity index (χ0v) is 41.5. The highest BCUT2D eigenvalue weighted by atomic mass is 15.1. The van der Waals surface area contributed by atoms with Crippen LogP contribution in [-0.2, 0) is 10.8 Å². The summed E-state index contributed by atoms with van der Waals surface area (Å²) >= 11 is 0. The molecule has 1 unspecified atom stereocenters. The van der Waals surface area contributed by atoms with Crippen LogP contribution in [-0.4, -0.2) is 4.57 Å². The molecule has 14 aromatic rings. The van der Waals surface area contributed by atoms with Gasteiger partial charge in [-0.1, -0.05) is 237 Å². The molecule has 2 aliphatic carbocycles. The predicted octanol–water partition coefficient (Wildman–Crippen LogP) is 18.8. The van der Waals surface area contributed by atoms with Gasteiger partial charge in [0.05, 0.1) is 33.2 Å². The number of hydrogen-bond donors (Lipinski definition) is 0. The Kier molecular flexibility index (Phi) is 8.44. The SMILES string of the molecule is c1ccc(C2(c3ccccc3)c3cc(N(c4ccc5c(c4)C4(c6ccccc6-5)c5ccccc5-n5c6ccccc6c6cccc4c65)c4cc5ccccc5c5ccccc45)ccc3-c3c2ccc2ccccc32)cc1. The van der Waals surface area contributed by atoms with Gasteiger partial charge in [0.25, 0.3) is 0 Å². The molecule has 1 atom stereocenters. The van der Waals surface area contributed by atoms with E-state index in [1.807, 2.05) is 0 Å². The molecule has 0 bridgehead atoms. The van der Waals surface area contributed by atoms with Crippen molar-refractivity contribution in [1.82, 2.24) is 4.57 Å². The summed E-state index contributed by atoms with van der Waals surface area (Å²) in [6, 6.07) is 106. The van der Waals surface area contributed by atoms with Gasteiger partial charge in [-0.25, -0.2) is 0 Å². The average Bonchev–Trinajstić information content (AvgIpc) is 4.24. The zero-order valence-electron chi connectivity index (χ0n) is 41.5. The fourth-order valence-electron chi connectivity index (χ4n) is 14.7. The highest BCUT2D eigenvalue weighted by Crippen LogP contribution is 2.63. The normalized spacial score (nSPS) is 15.3. The van der Waals surface area contributed by atoms with Crippen molar-refractivity contribution in [3.63, 3.8) is 0 Å². The van der Waals surface area contributed by atoms with Crippen molar-refractivity contribution in [3.8, 4) is 27.9 Å². The maximum absolute atomic E-state index is 2.58. The van der Waals surface area contributed by atoms with Crippen LogP contribution in [0.4, 0.5) is 17.1 Å². The molecule has 0 fully saturated rings. The first-order valence-corrected chi connectivity index (χ1v) is 26.6. The Morgan fingerprint density at radius 3 is 1.62 bits per heavy atom. The van der Waals surface area contributed by atoms with Crippen LogP contribution in [0.2, 0.25) is 0 Å². The van der Waals surface area contributed by atoms with Gasteiger partial charge in [-0.2, -0.15) is 0 Å². The fourth-order valence-corrected chi connectivity index (χ4v) is 14.7. The highest BCUT2D eigenvalue weighted by molar-refractivity contribution is 6.16. The number of anilines is 3. The lowest BCUT2D eigenvalue weighted by atomic mass is 9.65. The van der Waals surface area contributed by atoms with Gasteiger partial charge in [-0.15, -0.1) is 0 Å². The number of benzene rings is 13. The molecule has 2 heteroatoms. The van der Waals surface area contributed by atoms with Gasteiger partial charge in [0.15, 0.2) is 0 Å². The lowest BCUT2D eigenvalue weighted by Crippen LogP contribution is -2.33. The molecule has 2 heterocycles. The molecule has 1 spiro atoms. The Morgan fingerprint density at radius 2 is 0.842 bits per heavy atom. The van der Waals surface area contributed by atoms with Gasteiger partial charge in [0.1, 0.15) is 0 Å². The van der Waals surface area contributed by atoms with Gasteiger partial charge in [0, 0.05) is 27.5 Å². The quantitative estimate of drug-likeness (QED) is 0.156. The van der Waals surface area contributed by atoms with Crippen molar-refractivity contribution < 1.29 is 0 Å². The molecule has 0 amide bonds. The van der Waals surface area contributed by atoms with E-state index < -0.39 is 10.8 Å². The smallest absolute Gasteiger partial charge is 0.0755 e. The molecule has 0 N–H and O–H groups in total. The van der Waals surface area contributed by atoms with Crippen LogP contribution in [0.3, 0.4) is 0 Å². The van der Waals surface area contributed by atoms with Crippen LogP contribution in [0.25, 0.3) is 82.1 Å². The van der Waals surface area contributed by atoms with E-state index in [-0.39, 0.29) is 0 Å². The minimum absolute atomic E-state index is 0.614. The van der Waals surface area contributed by atoms with E-state index in [0.717, 1.165) is 17.1 Å². The zero-order chi connectivity index (χ0) is 49.7. The number of para-hydroxylation sites is 3. The van der Waals surface area contributed by atoms with E-state index in [1.165, 1.54) is 127 Å². The average molecular weight is 963 g/mol. The first-order chi connectivity index (χ1) is 37.7. The van der Waals surface area contributed by atoms with Gasteiger partial charge in [-0.05, 0) is 136 Å². The topological polar surface area (TPSA) is 8.17 Å².